The van der Waals surface area contributed by atoms with Crippen molar-refractivity contribution in [2.45, 2.75) is 31.2 Å². The standard InChI is InChI=1S/C24H28N2O2/c27-23(19-7-4-5-8-19)26-13-12-24(20-9-2-1-3-10-20)18-25(15-21(24)16-26)17-22-11-6-14-28-22/h1-6,9-11,14,19,21H,7-8,12-13,15-18H2. The number of carbonyl (C=O) groups is 1. The van der Waals surface area contributed by atoms with Crippen molar-refractivity contribution in [2.75, 3.05) is 26.2 Å². The van der Waals surface area contributed by atoms with Crippen LogP contribution in [0.4, 0.5) is 0 Å². The van der Waals surface area contributed by atoms with E-state index in [0.717, 1.165) is 57.7 Å². The molecule has 2 aromatic rings. The molecule has 0 saturated carbocycles. The average molecular weight is 377 g/mol. The average Bonchev–Trinajstić information content (AvgIpc) is 3.49. The van der Waals surface area contributed by atoms with E-state index in [1.54, 1.807) is 6.26 Å². The van der Waals surface area contributed by atoms with E-state index in [4.69, 9.17) is 4.42 Å². The maximum atomic E-state index is 13.0. The van der Waals surface area contributed by atoms with E-state index in [0.29, 0.717) is 11.8 Å². The molecule has 146 valence electrons. The van der Waals surface area contributed by atoms with Crippen LogP contribution in [0.2, 0.25) is 0 Å². The second-order valence-corrected chi connectivity index (χ2v) is 8.64. The molecule has 1 amide bonds. The summed E-state index contributed by atoms with van der Waals surface area (Å²) in [5.41, 5.74) is 1.56. The molecule has 4 heteroatoms. The molecule has 2 saturated heterocycles. The Bertz CT molecular complexity index is 837. The summed E-state index contributed by atoms with van der Waals surface area (Å²) in [4.78, 5) is 17.7. The molecule has 3 aliphatic rings. The van der Waals surface area contributed by atoms with Crippen LogP contribution >= 0.6 is 0 Å². The Hall–Kier alpha value is -2.33. The van der Waals surface area contributed by atoms with Crippen LogP contribution in [0, 0.1) is 11.8 Å². The Morgan fingerprint density at radius 1 is 1.07 bits per heavy atom. The van der Waals surface area contributed by atoms with Crippen molar-refractivity contribution in [3.8, 4) is 0 Å². The van der Waals surface area contributed by atoms with Gasteiger partial charge in [0.25, 0.3) is 0 Å². The molecule has 2 aliphatic heterocycles. The number of hydrogen-bond donors (Lipinski definition) is 0. The van der Waals surface area contributed by atoms with Gasteiger partial charge >= 0.3 is 0 Å². The molecular formula is C24H28N2O2. The van der Waals surface area contributed by atoms with Crippen molar-refractivity contribution in [1.29, 1.82) is 0 Å². The number of likely N-dealkylation sites (tertiary alicyclic amines) is 2. The van der Waals surface area contributed by atoms with Gasteiger partial charge in [-0.2, -0.15) is 0 Å². The summed E-state index contributed by atoms with van der Waals surface area (Å²) in [6, 6.07) is 15.0. The van der Waals surface area contributed by atoms with Gasteiger partial charge in [-0.3, -0.25) is 9.69 Å². The zero-order valence-corrected chi connectivity index (χ0v) is 16.3. The Morgan fingerprint density at radius 2 is 1.89 bits per heavy atom. The second kappa shape index (κ2) is 7.25. The van der Waals surface area contributed by atoms with E-state index >= 15 is 0 Å². The third-order valence-electron chi connectivity index (χ3n) is 7.01. The van der Waals surface area contributed by atoms with Crippen molar-refractivity contribution in [3.05, 3.63) is 72.2 Å². The highest BCUT2D eigenvalue weighted by molar-refractivity contribution is 5.80. The van der Waals surface area contributed by atoms with Crippen molar-refractivity contribution < 1.29 is 9.21 Å². The first kappa shape index (κ1) is 17.7. The van der Waals surface area contributed by atoms with Crippen molar-refractivity contribution in [3.63, 3.8) is 0 Å². The largest absolute Gasteiger partial charge is 0.468 e. The highest BCUT2D eigenvalue weighted by Crippen LogP contribution is 2.46. The SMILES string of the molecule is O=C(C1CC=CC1)N1CCC2(c3ccccc3)CN(Cc3ccco3)CC2C1. The molecule has 1 aliphatic carbocycles. The van der Waals surface area contributed by atoms with Gasteiger partial charge in [-0.1, -0.05) is 42.5 Å². The zero-order chi connectivity index (χ0) is 19.0. The van der Waals surface area contributed by atoms with Crippen LogP contribution in [0.1, 0.15) is 30.6 Å². The van der Waals surface area contributed by atoms with Gasteiger partial charge in [-0.25, -0.2) is 0 Å². The van der Waals surface area contributed by atoms with Gasteiger partial charge in [-0.15, -0.1) is 0 Å². The van der Waals surface area contributed by atoms with Gasteiger partial charge < -0.3 is 9.32 Å². The van der Waals surface area contributed by atoms with Crippen LogP contribution in [-0.2, 0) is 16.8 Å². The van der Waals surface area contributed by atoms with Crippen LogP contribution in [-0.4, -0.2) is 41.9 Å². The summed E-state index contributed by atoms with van der Waals surface area (Å²) in [6.07, 6.45) is 8.93. The van der Waals surface area contributed by atoms with E-state index in [9.17, 15) is 4.79 Å². The molecule has 28 heavy (non-hydrogen) atoms. The molecule has 3 heterocycles. The fourth-order valence-electron chi connectivity index (χ4n) is 5.55. The van der Waals surface area contributed by atoms with Gasteiger partial charge in [0.2, 0.25) is 5.91 Å². The Balaban J connectivity index is 1.38. The third-order valence-corrected chi connectivity index (χ3v) is 7.01. The van der Waals surface area contributed by atoms with Gasteiger partial charge in [0.1, 0.15) is 5.76 Å². The number of hydrogen-bond acceptors (Lipinski definition) is 3. The lowest BCUT2D eigenvalue weighted by atomic mass is 9.68. The lowest BCUT2D eigenvalue weighted by Gasteiger charge is -2.44. The molecule has 0 spiro atoms. The molecule has 1 aromatic carbocycles. The van der Waals surface area contributed by atoms with Crippen molar-refractivity contribution >= 4 is 5.91 Å². The van der Waals surface area contributed by atoms with Crippen LogP contribution in [0.5, 0.6) is 0 Å². The van der Waals surface area contributed by atoms with Crippen LogP contribution in [0.3, 0.4) is 0 Å². The molecule has 1 aromatic heterocycles. The molecule has 0 N–H and O–H groups in total. The number of benzene rings is 1. The minimum atomic E-state index is 0.137. The van der Waals surface area contributed by atoms with Crippen LogP contribution < -0.4 is 0 Å². The zero-order valence-electron chi connectivity index (χ0n) is 16.3. The summed E-state index contributed by atoms with van der Waals surface area (Å²) in [6.45, 7) is 4.64. The third kappa shape index (κ3) is 3.10. The quantitative estimate of drug-likeness (QED) is 0.761. The summed E-state index contributed by atoms with van der Waals surface area (Å²) < 4.78 is 5.60. The number of furan rings is 1. The van der Waals surface area contributed by atoms with Crippen molar-refractivity contribution in [1.82, 2.24) is 9.80 Å². The first-order valence-corrected chi connectivity index (χ1v) is 10.5. The predicted octanol–water partition coefficient (Wildman–Crippen LogP) is 3.85. The maximum absolute atomic E-state index is 13.0. The topological polar surface area (TPSA) is 36.7 Å². The highest BCUT2D eigenvalue weighted by atomic mass is 16.3. The first-order chi connectivity index (χ1) is 13.7. The molecule has 0 radical (unpaired) electrons. The molecule has 2 unspecified atom stereocenters. The van der Waals surface area contributed by atoms with Gasteiger partial charge in [0.05, 0.1) is 12.8 Å². The van der Waals surface area contributed by atoms with Crippen LogP contribution in [0.25, 0.3) is 0 Å². The minimum Gasteiger partial charge on any atom is -0.468 e. The Morgan fingerprint density at radius 3 is 2.64 bits per heavy atom. The monoisotopic (exact) mass is 376 g/mol. The van der Waals surface area contributed by atoms with E-state index in [1.165, 1.54) is 5.56 Å². The number of amides is 1. The normalized spacial score (nSPS) is 28.0. The number of piperidine rings is 1. The smallest absolute Gasteiger partial charge is 0.226 e. The minimum absolute atomic E-state index is 0.137. The van der Waals surface area contributed by atoms with Gasteiger partial charge in [0, 0.05) is 43.4 Å². The predicted molar refractivity (Wildman–Crippen MR) is 109 cm³/mol. The highest BCUT2D eigenvalue weighted by Gasteiger charge is 2.51. The lowest BCUT2D eigenvalue weighted by molar-refractivity contribution is -0.137. The van der Waals surface area contributed by atoms with Gasteiger partial charge in [-0.05, 0) is 37.0 Å². The number of fused-ring (bicyclic) bond motifs is 1. The molecule has 2 fully saturated rings. The number of rotatable bonds is 4. The van der Waals surface area contributed by atoms with Crippen molar-refractivity contribution in [2.24, 2.45) is 11.8 Å². The van der Waals surface area contributed by atoms with Gasteiger partial charge in [0.15, 0.2) is 0 Å². The molecule has 2 atom stereocenters. The summed E-state index contributed by atoms with van der Waals surface area (Å²) >= 11 is 0. The Labute approximate surface area is 166 Å². The molecule has 5 rings (SSSR count). The lowest BCUT2D eigenvalue weighted by Crippen LogP contribution is -2.52. The fraction of sp³-hybridized carbons (Fsp3) is 0.458. The van der Waals surface area contributed by atoms with E-state index in [-0.39, 0.29) is 11.3 Å². The number of nitrogens with zero attached hydrogens (tertiary/aromatic N) is 2. The van der Waals surface area contributed by atoms with E-state index < -0.39 is 0 Å². The summed E-state index contributed by atoms with van der Waals surface area (Å²) in [5.74, 6) is 2.02. The molecular weight excluding hydrogens is 348 g/mol. The maximum Gasteiger partial charge on any atom is 0.226 e. The number of carbonyl (C=O) groups excluding carboxylic acids is 1. The summed E-state index contributed by atoms with van der Waals surface area (Å²) in [5, 5.41) is 0. The molecule has 4 nitrogen and oxygen atoms in total. The molecule has 0 bridgehead atoms. The Kier molecular flexibility index (Phi) is 4.59. The van der Waals surface area contributed by atoms with E-state index in [2.05, 4.69) is 58.4 Å². The van der Waals surface area contributed by atoms with Crippen LogP contribution in [0.15, 0.2) is 65.3 Å². The summed E-state index contributed by atoms with van der Waals surface area (Å²) in [7, 11) is 0. The van der Waals surface area contributed by atoms with E-state index in [1.807, 2.05) is 6.07 Å². The number of allylic oxidation sites excluding steroid dienone is 2. The fourth-order valence-corrected chi connectivity index (χ4v) is 5.55. The first-order valence-electron chi connectivity index (χ1n) is 10.5. The second-order valence-electron chi connectivity index (χ2n) is 8.64.